The van der Waals surface area contributed by atoms with E-state index in [0.717, 1.165) is 36.2 Å². The number of urea groups is 2. The average molecular weight is 402 g/mol. The molecular formula is C19H22N4O6. The van der Waals surface area contributed by atoms with Crippen LogP contribution in [0, 0.1) is 0 Å². The summed E-state index contributed by atoms with van der Waals surface area (Å²) < 4.78 is 5.04. The van der Waals surface area contributed by atoms with Crippen LogP contribution < -0.4 is 10.6 Å². The highest BCUT2D eigenvalue weighted by atomic mass is 16.3. The largest absolute Gasteiger partial charge is 0.467 e. The first kappa shape index (κ1) is 20.3. The number of hydrogen-bond donors (Lipinski definition) is 2. The first-order chi connectivity index (χ1) is 14.0. The third kappa shape index (κ3) is 5.09. The zero-order valence-corrected chi connectivity index (χ0v) is 15.8. The quantitative estimate of drug-likeness (QED) is 0.402. The molecule has 1 aromatic heterocycles. The molecule has 1 fully saturated rings. The number of furan rings is 1. The van der Waals surface area contributed by atoms with Crippen molar-refractivity contribution in [3.8, 4) is 0 Å². The summed E-state index contributed by atoms with van der Waals surface area (Å²) >= 11 is 0. The Morgan fingerprint density at radius 2 is 1.90 bits per heavy atom. The van der Waals surface area contributed by atoms with E-state index in [1.807, 2.05) is 5.32 Å². The summed E-state index contributed by atoms with van der Waals surface area (Å²) in [5.74, 6) is -2.42. The van der Waals surface area contributed by atoms with E-state index < -0.39 is 36.3 Å². The van der Waals surface area contributed by atoms with Crippen LogP contribution in [0.3, 0.4) is 0 Å². The smallest absolute Gasteiger partial charge is 0.334 e. The molecule has 0 aromatic carbocycles. The maximum Gasteiger partial charge on any atom is 0.334 e. The van der Waals surface area contributed by atoms with Crippen LogP contribution in [-0.4, -0.2) is 52.7 Å². The predicted molar refractivity (Wildman–Crippen MR) is 99.1 cm³/mol. The lowest BCUT2D eigenvalue weighted by Gasteiger charge is -2.17. The van der Waals surface area contributed by atoms with Gasteiger partial charge in [0.2, 0.25) is 5.91 Å². The highest BCUT2D eigenvalue weighted by Crippen LogP contribution is 2.21. The van der Waals surface area contributed by atoms with E-state index in [1.54, 1.807) is 12.1 Å². The van der Waals surface area contributed by atoms with E-state index in [0.29, 0.717) is 17.1 Å². The molecule has 2 heterocycles. The summed E-state index contributed by atoms with van der Waals surface area (Å²) in [4.78, 5) is 61.7. The van der Waals surface area contributed by atoms with E-state index in [4.69, 9.17) is 4.42 Å². The first-order valence-corrected chi connectivity index (χ1v) is 9.41. The van der Waals surface area contributed by atoms with E-state index >= 15 is 0 Å². The lowest BCUT2D eigenvalue weighted by molar-refractivity contribution is -0.143. The lowest BCUT2D eigenvalue weighted by Crippen LogP contribution is -2.46. The van der Waals surface area contributed by atoms with E-state index in [-0.39, 0.29) is 13.1 Å². The number of carbonyl (C=O) groups excluding carboxylic acids is 5. The molecule has 1 saturated heterocycles. The molecule has 7 amide bonds. The average Bonchev–Trinajstić information content (AvgIpc) is 3.30. The fraction of sp³-hybridized carbons (Fsp3) is 0.421. The van der Waals surface area contributed by atoms with Crippen molar-refractivity contribution < 1.29 is 28.4 Å². The number of nitrogens with one attached hydrogen (secondary N) is 2. The Labute approximate surface area is 166 Å². The number of amides is 7. The van der Waals surface area contributed by atoms with Crippen molar-refractivity contribution in [3.05, 3.63) is 35.8 Å². The molecule has 2 aliphatic rings. The molecule has 2 N–H and O–H groups in total. The standard InChI is InChI=1S/C19H22N4O6/c24-15(21-18(27)20-11-14-7-4-10-29-14)12-23-17(26)16(25)22(19(23)28)9-8-13-5-2-1-3-6-13/h4-5,7,10H,1-3,6,8-9,11-12H2,(H2,20,21,24,27). The van der Waals surface area contributed by atoms with Crippen LogP contribution in [-0.2, 0) is 20.9 Å². The molecule has 0 unspecified atom stereocenters. The Bertz CT molecular complexity index is 845. The highest BCUT2D eigenvalue weighted by molar-refractivity contribution is 6.45. The van der Waals surface area contributed by atoms with Gasteiger partial charge in [0.15, 0.2) is 0 Å². The molecule has 29 heavy (non-hydrogen) atoms. The van der Waals surface area contributed by atoms with Crippen molar-refractivity contribution in [1.29, 1.82) is 0 Å². The summed E-state index contributed by atoms with van der Waals surface area (Å²) in [5.41, 5.74) is 1.16. The second kappa shape index (κ2) is 9.18. The number of rotatable bonds is 7. The highest BCUT2D eigenvalue weighted by Gasteiger charge is 2.45. The normalized spacial score (nSPS) is 16.8. The molecule has 3 rings (SSSR count). The Hall–Kier alpha value is -3.43. The van der Waals surface area contributed by atoms with Gasteiger partial charge in [-0.3, -0.25) is 24.6 Å². The maximum atomic E-state index is 12.4. The molecule has 154 valence electrons. The van der Waals surface area contributed by atoms with E-state index in [9.17, 15) is 24.0 Å². The van der Waals surface area contributed by atoms with Gasteiger partial charge >= 0.3 is 23.9 Å². The minimum Gasteiger partial charge on any atom is -0.467 e. The molecule has 1 aromatic rings. The molecule has 10 heteroatoms. The zero-order chi connectivity index (χ0) is 20.8. The van der Waals surface area contributed by atoms with Crippen molar-refractivity contribution in [2.75, 3.05) is 13.1 Å². The van der Waals surface area contributed by atoms with Crippen LogP contribution >= 0.6 is 0 Å². The van der Waals surface area contributed by atoms with Gasteiger partial charge in [0.25, 0.3) is 0 Å². The number of nitrogens with zero attached hydrogens (tertiary/aromatic N) is 2. The van der Waals surface area contributed by atoms with Crippen LogP contribution in [0.1, 0.15) is 37.9 Å². The lowest BCUT2D eigenvalue weighted by atomic mass is 9.97. The third-order valence-corrected chi connectivity index (χ3v) is 4.73. The van der Waals surface area contributed by atoms with Gasteiger partial charge in [-0.1, -0.05) is 11.6 Å². The summed E-state index contributed by atoms with van der Waals surface area (Å²) in [6, 6.07) is 1.64. The van der Waals surface area contributed by atoms with Gasteiger partial charge in [0, 0.05) is 6.54 Å². The Balaban J connectivity index is 1.49. The Kier molecular flexibility index (Phi) is 6.43. The molecule has 1 aliphatic carbocycles. The number of hydrogen-bond acceptors (Lipinski definition) is 6. The zero-order valence-electron chi connectivity index (χ0n) is 15.8. The molecule has 0 bridgehead atoms. The number of allylic oxidation sites excluding steroid dienone is 1. The fourth-order valence-electron chi connectivity index (χ4n) is 3.21. The molecule has 0 spiro atoms. The van der Waals surface area contributed by atoms with Crippen LogP contribution in [0.15, 0.2) is 34.5 Å². The summed E-state index contributed by atoms with van der Waals surface area (Å²) in [6.45, 7) is -0.552. The topological polar surface area (TPSA) is 129 Å². The monoisotopic (exact) mass is 402 g/mol. The van der Waals surface area contributed by atoms with Gasteiger partial charge in [-0.2, -0.15) is 0 Å². The fourth-order valence-corrected chi connectivity index (χ4v) is 3.21. The Morgan fingerprint density at radius 3 is 2.59 bits per heavy atom. The summed E-state index contributed by atoms with van der Waals surface area (Å²) in [6.07, 6.45) is 8.15. The first-order valence-electron chi connectivity index (χ1n) is 9.41. The minimum atomic E-state index is -1.07. The predicted octanol–water partition coefficient (Wildman–Crippen LogP) is 1.29. The van der Waals surface area contributed by atoms with Crippen LogP contribution in [0.25, 0.3) is 0 Å². The second-order valence-electron chi connectivity index (χ2n) is 6.80. The second-order valence-corrected chi connectivity index (χ2v) is 6.80. The van der Waals surface area contributed by atoms with Crippen molar-refractivity contribution >= 4 is 29.8 Å². The number of imide groups is 3. The number of carbonyl (C=O) groups is 5. The molecule has 0 saturated carbocycles. The van der Waals surface area contributed by atoms with Crippen molar-refractivity contribution in [2.24, 2.45) is 0 Å². The van der Waals surface area contributed by atoms with Crippen LogP contribution in [0.5, 0.6) is 0 Å². The van der Waals surface area contributed by atoms with Gasteiger partial charge in [-0.05, 0) is 44.2 Å². The van der Waals surface area contributed by atoms with E-state index in [1.165, 1.54) is 6.26 Å². The summed E-state index contributed by atoms with van der Waals surface area (Å²) in [7, 11) is 0. The van der Waals surface area contributed by atoms with Gasteiger partial charge in [0.1, 0.15) is 12.3 Å². The van der Waals surface area contributed by atoms with Crippen LogP contribution in [0.2, 0.25) is 0 Å². The Morgan fingerprint density at radius 1 is 1.10 bits per heavy atom. The van der Waals surface area contributed by atoms with Crippen LogP contribution in [0.4, 0.5) is 9.59 Å². The molecule has 0 radical (unpaired) electrons. The SMILES string of the molecule is O=C(CN1C(=O)C(=O)N(CCC2=CCCCC2)C1=O)NC(=O)NCc1ccco1. The van der Waals surface area contributed by atoms with Gasteiger partial charge < -0.3 is 9.73 Å². The van der Waals surface area contributed by atoms with Crippen molar-refractivity contribution in [1.82, 2.24) is 20.4 Å². The molecule has 10 nitrogen and oxygen atoms in total. The van der Waals surface area contributed by atoms with E-state index in [2.05, 4.69) is 11.4 Å². The van der Waals surface area contributed by atoms with Gasteiger partial charge in [-0.25, -0.2) is 14.5 Å². The van der Waals surface area contributed by atoms with Gasteiger partial charge in [0.05, 0.1) is 12.8 Å². The maximum absolute atomic E-state index is 12.4. The van der Waals surface area contributed by atoms with Crippen molar-refractivity contribution in [2.45, 2.75) is 38.6 Å². The molecule has 1 aliphatic heterocycles. The minimum absolute atomic E-state index is 0.0653. The molecular weight excluding hydrogens is 380 g/mol. The summed E-state index contributed by atoms with van der Waals surface area (Å²) in [5, 5.41) is 4.41. The van der Waals surface area contributed by atoms with Gasteiger partial charge in [-0.15, -0.1) is 0 Å². The van der Waals surface area contributed by atoms with Crippen molar-refractivity contribution in [3.63, 3.8) is 0 Å². The molecule has 0 atom stereocenters. The third-order valence-electron chi connectivity index (χ3n) is 4.73.